The summed E-state index contributed by atoms with van der Waals surface area (Å²) >= 11 is 0. The number of rotatable bonds is 6. The zero-order chi connectivity index (χ0) is 14.4. The smallest absolute Gasteiger partial charge is 0.326 e. The van der Waals surface area contributed by atoms with Crippen LogP contribution in [-0.4, -0.2) is 41.0 Å². The Morgan fingerprint density at radius 2 is 2.11 bits per heavy atom. The zero-order valence-electron chi connectivity index (χ0n) is 12.0. The highest BCUT2D eigenvalue weighted by Crippen LogP contribution is 2.24. The predicted molar refractivity (Wildman–Crippen MR) is 73.6 cm³/mol. The Morgan fingerprint density at radius 3 is 2.68 bits per heavy atom. The monoisotopic (exact) mass is 270 g/mol. The van der Waals surface area contributed by atoms with Crippen molar-refractivity contribution >= 4 is 11.9 Å². The molecule has 0 aromatic rings. The second-order valence-electron chi connectivity index (χ2n) is 5.79. The van der Waals surface area contributed by atoms with Crippen LogP contribution in [0.25, 0.3) is 0 Å². The fourth-order valence-corrected chi connectivity index (χ4v) is 2.62. The largest absolute Gasteiger partial charge is 0.480 e. The Kier molecular flexibility index (Phi) is 6.28. The highest BCUT2D eigenvalue weighted by Gasteiger charge is 2.34. The molecule has 1 heterocycles. The van der Waals surface area contributed by atoms with Crippen LogP contribution in [0, 0.1) is 11.8 Å². The SMILES string of the molecule is CC(CCN)CCC(=O)N1CCC(C)CC1C(=O)O. The normalized spacial score (nSPS) is 25.1. The number of nitrogens with zero attached hydrogens (tertiary/aromatic N) is 1. The summed E-state index contributed by atoms with van der Waals surface area (Å²) in [6.07, 6.45) is 3.59. The van der Waals surface area contributed by atoms with Gasteiger partial charge in [-0.1, -0.05) is 13.8 Å². The van der Waals surface area contributed by atoms with Crippen molar-refractivity contribution in [1.82, 2.24) is 4.90 Å². The number of aliphatic carboxylic acids is 1. The second kappa shape index (κ2) is 7.48. The number of carboxylic acid groups (broad SMARTS) is 1. The summed E-state index contributed by atoms with van der Waals surface area (Å²) in [7, 11) is 0. The van der Waals surface area contributed by atoms with Crippen LogP contribution in [0.15, 0.2) is 0 Å². The minimum atomic E-state index is -0.880. The molecule has 0 radical (unpaired) electrons. The molecule has 3 N–H and O–H groups in total. The predicted octanol–water partition coefficient (Wildman–Crippen LogP) is 1.46. The van der Waals surface area contributed by atoms with E-state index in [1.165, 1.54) is 0 Å². The van der Waals surface area contributed by atoms with Crippen molar-refractivity contribution in [2.24, 2.45) is 17.6 Å². The number of piperidine rings is 1. The van der Waals surface area contributed by atoms with Gasteiger partial charge in [0.2, 0.25) is 5.91 Å². The number of hydrogen-bond acceptors (Lipinski definition) is 3. The van der Waals surface area contributed by atoms with Crippen LogP contribution in [-0.2, 0) is 9.59 Å². The van der Waals surface area contributed by atoms with Gasteiger partial charge in [-0.2, -0.15) is 0 Å². The second-order valence-corrected chi connectivity index (χ2v) is 5.79. The van der Waals surface area contributed by atoms with Gasteiger partial charge in [0.1, 0.15) is 6.04 Å². The quantitative estimate of drug-likeness (QED) is 0.765. The van der Waals surface area contributed by atoms with E-state index < -0.39 is 12.0 Å². The molecule has 3 atom stereocenters. The lowest BCUT2D eigenvalue weighted by Crippen LogP contribution is -2.49. The van der Waals surface area contributed by atoms with E-state index in [2.05, 4.69) is 6.92 Å². The van der Waals surface area contributed by atoms with Gasteiger partial charge < -0.3 is 15.7 Å². The summed E-state index contributed by atoms with van der Waals surface area (Å²) in [4.78, 5) is 25.0. The fraction of sp³-hybridized carbons (Fsp3) is 0.857. The van der Waals surface area contributed by atoms with Crippen molar-refractivity contribution in [2.45, 2.75) is 52.0 Å². The first-order valence-corrected chi connectivity index (χ1v) is 7.18. The van der Waals surface area contributed by atoms with Gasteiger partial charge in [0, 0.05) is 13.0 Å². The van der Waals surface area contributed by atoms with Gasteiger partial charge in [-0.25, -0.2) is 4.79 Å². The van der Waals surface area contributed by atoms with Crippen molar-refractivity contribution in [2.75, 3.05) is 13.1 Å². The summed E-state index contributed by atoms with van der Waals surface area (Å²) < 4.78 is 0. The van der Waals surface area contributed by atoms with E-state index in [1.807, 2.05) is 6.92 Å². The van der Waals surface area contributed by atoms with Gasteiger partial charge in [0.15, 0.2) is 0 Å². The lowest BCUT2D eigenvalue weighted by Gasteiger charge is -2.36. The molecule has 5 nitrogen and oxygen atoms in total. The van der Waals surface area contributed by atoms with Gasteiger partial charge in [0.05, 0.1) is 0 Å². The van der Waals surface area contributed by atoms with E-state index in [-0.39, 0.29) is 5.91 Å². The third-order valence-electron chi connectivity index (χ3n) is 3.98. The molecule has 0 saturated carbocycles. The number of likely N-dealkylation sites (tertiary alicyclic amines) is 1. The third-order valence-corrected chi connectivity index (χ3v) is 3.98. The topological polar surface area (TPSA) is 83.6 Å². The Bertz CT molecular complexity index is 320. The molecule has 3 unspecified atom stereocenters. The summed E-state index contributed by atoms with van der Waals surface area (Å²) in [5, 5.41) is 9.23. The van der Waals surface area contributed by atoms with Gasteiger partial charge >= 0.3 is 5.97 Å². The molecule has 110 valence electrons. The molecule has 19 heavy (non-hydrogen) atoms. The average Bonchev–Trinajstić information content (AvgIpc) is 2.36. The molecule has 0 spiro atoms. The summed E-state index contributed by atoms with van der Waals surface area (Å²) in [6, 6.07) is -0.638. The maximum atomic E-state index is 12.2. The number of carbonyl (C=O) groups is 2. The first-order chi connectivity index (χ1) is 8.95. The van der Waals surface area contributed by atoms with Crippen LogP contribution in [0.4, 0.5) is 0 Å². The Labute approximate surface area is 115 Å². The molecule has 1 saturated heterocycles. The van der Waals surface area contributed by atoms with Crippen LogP contribution in [0.2, 0.25) is 0 Å². The van der Waals surface area contributed by atoms with E-state index in [0.29, 0.717) is 37.8 Å². The lowest BCUT2D eigenvalue weighted by atomic mass is 9.91. The molecule has 0 bridgehead atoms. The summed E-state index contributed by atoms with van der Waals surface area (Å²) in [6.45, 7) is 5.32. The molecular weight excluding hydrogens is 244 g/mol. The molecule has 1 aliphatic rings. The Morgan fingerprint density at radius 1 is 1.42 bits per heavy atom. The van der Waals surface area contributed by atoms with Crippen LogP contribution in [0.5, 0.6) is 0 Å². The van der Waals surface area contributed by atoms with E-state index in [1.54, 1.807) is 4.90 Å². The van der Waals surface area contributed by atoms with Gasteiger partial charge in [-0.05, 0) is 44.1 Å². The molecule has 1 rings (SSSR count). The van der Waals surface area contributed by atoms with Crippen LogP contribution in [0.3, 0.4) is 0 Å². The van der Waals surface area contributed by atoms with Crippen molar-refractivity contribution in [3.63, 3.8) is 0 Å². The summed E-state index contributed by atoms with van der Waals surface area (Å²) in [5.41, 5.74) is 5.48. The highest BCUT2D eigenvalue weighted by molar-refractivity contribution is 5.83. The maximum absolute atomic E-state index is 12.2. The molecule has 0 aromatic carbocycles. The minimum absolute atomic E-state index is 0.0248. The fourth-order valence-electron chi connectivity index (χ4n) is 2.62. The van der Waals surface area contributed by atoms with Crippen molar-refractivity contribution in [1.29, 1.82) is 0 Å². The molecule has 0 aliphatic carbocycles. The number of carboxylic acids is 1. The third kappa shape index (κ3) is 4.82. The number of hydrogen-bond donors (Lipinski definition) is 2. The van der Waals surface area contributed by atoms with Crippen molar-refractivity contribution in [3.05, 3.63) is 0 Å². The first-order valence-electron chi connectivity index (χ1n) is 7.18. The minimum Gasteiger partial charge on any atom is -0.480 e. The Hall–Kier alpha value is -1.10. The van der Waals surface area contributed by atoms with E-state index in [9.17, 15) is 14.7 Å². The summed E-state index contributed by atoms with van der Waals surface area (Å²) in [5.74, 6) is -0.111. The van der Waals surface area contributed by atoms with Crippen LogP contribution < -0.4 is 5.73 Å². The van der Waals surface area contributed by atoms with Gasteiger partial charge in [0.25, 0.3) is 0 Å². The zero-order valence-corrected chi connectivity index (χ0v) is 12.0. The van der Waals surface area contributed by atoms with Gasteiger partial charge in [-0.3, -0.25) is 4.79 Å². The highest BCUT2D eigenvalue weighted by atomic mass is 16.4. The van der Waals surface area contributed by atoms with Crippen molar-refractivity contribution in [3.8, 4) is 0 Å². The molecule has 5 heteroatoms. The molecule has 1 aliphatic heterocycles. The number of carbonyl (C=O) groups excluding carboxylic acids is 1. The number of amides is 1. The molecular formula is C14H26N2O3. The number of nitrogens with two attached hydrogens (primary N) is 1. The first kappa shape index (κ1) is 16.0. The van der Waals surface area contributed by atoms with E-state index in [4.69, 9.17) is 5.73 Å². The van der Waals surface area contributed by atoms with Crippen LogP contribution >= 0.6 is 0 Å². The Balaban J connectivity index is 2.51. The van der Waals surface area contributed by atoms with Crippen LogP contribution in [0.1, 0.15) is 46.0 Å². The molecule has 0 aromatic heterocycles. The van der Waals surface area contributed by atoms with Gasteiger partial charge in [-0.15, -0.1) is 0 Å². The van der Waals surface area contributed by atoms with E-state index >= 15 is 0 Å². The molecule has 1 fully saturated rings. The lowest BCUT2D eigenvalue weighted by molar-refractivity contribution is -0.153. The van der Waals surface area contributed by atoms with E-state index in [0.717, 1.165) is 19.3 Å². The standard InChI is InChI=1S/C14H26N2O3/c1-10(5-7-15)3-4-13(17)16-8-6-11(2)9-12(16)14(18)19/h10-12H,3-9,15H2,1-2H3,(H,18,19). The van der Waals surface area contributed by atoms with Crippen molar-refractivity contribution < 1.29 is 14.7 Å². The molecule has 1 amide bonds. The average molecular weight is 270 g/mol. The maximum Gasteiger partial charge on any atom is 0.326 e.